The summed E-state index contributed by atoms with van der Waals surface area (Å²) in [6.07, 6.45) is 1.07. The van der Waals surface area contributed by atoms with Gasteiger partial charge in [-0.3, -0.25) is 0 Å². The Labute approximate surface area is 186 Å². The third-order valence-corrected chi connectivity index (χ3v) is 6.29. The molecule has 0 aromatic heterocycles. The Morgan fingerprint density at radius 2 is 1.61 bits per heavy atom. The number of aliphatic hydroxyl groups is 1. The van der Waals surface area contributed by atoms with Gasteiger partial charge in [-0.15, -0.1) is 0 Å². The van der Waals surface area contributed by atoms with Crippen LogP contribution in [-0.2, 0) is 10.2 Å². The lowest BCUT2D eigenvalue weighted by molar-refractivity contribution is 0.0216. The van der Waals surface area contributed by atoms with E-state index in [0.29, 0.717) is 0 Å². The number of carbonyl (C=O) groups is 1. The summed E-state index contributed by atoms with van der Waals surface area (Å²) in [6.45, 7) is 12.4. The number of hydrogen-bond acceptors (Lipinski definition) is 5. The number of hydrogen-bond donors (Lipinski definition) is 2. The standard InChI is InChI=1S/C26H36O5/c1-8-26(9-2,19-10-12-21(27)20(15-19)24(29)30-7)18-11-13-22(17(3)14-18)31-16-23(28)25(4,5)6/h10-15,23,27-28H,8-9,16H2,1-7H3. The number of aliphatic hydroxyl groups excluding tert-OH is 1. The van der Waals surface area contributed by atoms with Crippen LogP contribution in [-0.4, -0.2) is 36.0 Å². The van der Waals surface area contributed by atoms with Gasteiger partial charge < -0.3 is 19.7 Å². The maximum atomic E-state index is 12.1. The first-order chi connectivity index (χ1) is 14.5. The van der Waals surface area contributed by atoms with Crippen LogP contribution in [0.2, 0.25) is 0 Å². The van der Waals surface area contributed by atoms with Gasteiger partial charge in [-0.1, -0.05) is 52.8 Å². The fourth-order valence-corrected chi connectivity index (χ4v) is 3.87. The number of aryl methyl sites for hydroxylation is 1. The Balaban J connectivity index is 2.43. The minimum atomic E-state index is -0.564. The molecule has 0 radical (unpaired) electrons. The first-order valence-corrected chi connectivity index (χ1v) is 10.8. The van der Waals surface area contributed by atoms with Crippen LogP contribution >= 0.6 is 0 Å². The first-order valence-electron chi connectivity index (χ1n) is 10.8. The van der Waals surface area contributed by atoms with E-state index in [4.69, 9.17) is 9.47 Å². The van der Waals surface area contributed by atoms with E-state index in [1.807, 2.05) is 45.9 Å². The topological polar surface area (TPSA) is 76.0 Å². The molecule has 0 bridgehead atoms. The smallest absolute Gasteiger partial charge is 0.341 e. The van der Waals surface area contributed by atoms with E-state index in [2.05, 4.69) is 19.9 Å². The Hall–Kier alpha value is -2.53. The second-order valence-corrected chi connectivity index (χ2v) is 9.19. The summed E-state index contributed by atoms with van der Waals surface area (Å²) in [7, 11) is 1.31. The largest absolute Gasteiger partial charge is 0.507 e. The highest BCUT2D eigenvalue weighted by Gasteiger charge is 2.32. The number of rotatable bonds is 8. The minimum absolute atomic E-state index is 0.0889. The number of phenols is 1. The molecule has 5 nitrogen and oxygen atoms in total. The van der Waals surface area contributed by atoms with Crippen molar-refractivity contribution in [1.29, 1.82) is 0 Å². The number of ether oxygens (including phenoxy) is 2. The quantitative estimate of drug-likeness (QED) is 0.552. The molecule has 1 unspecified atom stereocenters. The van der Waals surface area contributed by atoms with Crippen molar-refractivity contribution in [2.45, 2.75) is 65.9 Å². The van der Waals surface area contributed by atoms with E-state index in [0.717, 1.165) is 35.3 Å². The summed E-state index contributed by atoms with van der Waals surface area (Å²) in [4.78, 5) is 12.1. The molecule has 5 heteroatoms. The predicted molar refractivity (Wildman–Crippen MR) is 123 cm³/mol. The fourth-order valence-electron chi connectivity index (χ4n) is 3.87. The molecule has 1 atom stereocenters. The molecule has 2 N–H and O–H groups in total. The molecule has 31 heavy (non-hydrogen) atoms. The molecule has 2 aromatic rings. The summed E-state index contributed by atoms with van der Waals surface area (Å²) in [5, 5.41) is 20.4. The zero-order valence-corrected chi connectivity index (χ0v) is 19.8. The molecule has 2 rings (SSSR count). The van der Waals surface area contributed by atoms with Gasteiger partial charge in [0.1, 0.15) is 23.7 Å². The average molecular weight is 429 g/mol. The maximum Gasteiger partial charge on any atom is 0.341 e. The lowest BCUT2D eigenvalue weighted by Crippen LogP contribution is -2.32. The summed E-state index contributed by atoms with van der Waals surface area (Å²) in [5.74, 6) is 0.0981. The molecule has 0 amide bonds. The van der Waals surface area contributed by atoms with Crippen LogP contribution in [0, 0.1) is 12.3 Å². The Morgan fingerprint density at radius 3 is 2.13 bits per heavy atom. The van der Waals surface area contributed by atoms with Crippen LogP contribution in [0.1, 0.15) is 74.5 Å². The van der Waals surface area contributed by atoms with Crippen molar-refractivity contribution in [3.63, 3.8) is 0 Å². The van der Waals surface area contributed by atoms with Crippen LogP contribution < -0.4 is 4.74 Å². The first kappa shape index (κ1) is 24.7. The second kappa shape index (κ2) is 9.73. The van der Waals surface area contributed by atoms with Gasteiger partial charge in [-0.2, -0.15) is 0 Å². The minimum Gasteiger partial charge on any atom is -0.507 e. The molecule has 0 saturated carbocycles. The molecule has 0 heterocycles. The van der Waals surface area contributed by atoms with Crippen LogP contribution in [0.4, 0.5) is 0 Å². The van der Waals surface area contributed by atoms with Gasteiger partial charge in [0.25, 0.3) is 0 Å². The van der Waals surface area contributed by atoms with E-state index in [1.165, 1.54) is 7.11 Å². The number of benzene rings is 2. The van der Waals surface area contributed by atoms with Crippen LogP contribution in [0.15, 0.2) is 36.4 Å². The highest BCUT2D eigenvalue weighted by molar-refractivity contribution is 5.92. The Morgan fingerprint density at radius 1 is 1.03 bits per heavy atom. The maximum absolute atomic E-state index is 12.1. The lowest BCUT2D eigenvalue weighted by Gasteiger charge is -2.34. The number of carbonyl (C=O) groups excluding carboxylic acids is 1. The van der Waals surface area contributed by atoms with Gasteiger partial charge >= 0.3 is 5.97 Å². The summed E-state index contributed by atoms with van der Waals surface area (Å²) < 4.78 is 10.7. The number of esters is 1. The normalized spacial score (nSPS) is 13.0. The highest BCUT2D eigenvalue weighted by Crippen LogP contribution is 2.41. The van der Waals surface area contributed by atoms with Crippen molar-refractivity contribution in [3.05, 3.63) is 58.7 Å². The van der Waals surface area contributed by atoms with Crippen molar-refractivity contribution in [1.82, 2.24) is 0 Å². The molecule has 0 aliphatic rings. The average Bonchev–Trinajstić information content (AvgIpc) is 2.73. The Bertz CT molecular complexity index is 906. The van der Waals surface area contributed by atoms with E-state index < -0.39 is 12.1 Å². The zero-order chi connectivity index (χ0) is 23.4. The van der Waals surface area contributed by atoms with Gasteiger partial charge in [0.05, 0.1) is 13.2 Å². The Kier molecular flexibility index (Phi) is 7.77. The number of phenolic OH excluding ortho intramolecular Hbond substituents is 1. The zero-order valence-electron chi connectivity index (χ0n) is 19.8. The monoisotopic (exact) mass is 428 g/mol. The summed E-state index contributed by atoms with van der Waals surface area (Å²) >= 11 is 0. The number of aromatic hydroxyl groups is 1. The fraction of sp³-hybridized carbons (Fsp3) is 0.500. The molecule has 0 saturated heterocycles. The third kappa shape index (κ3) is 5.21. The van der Waals surface area contributed by atoms with Gasteiger partial charge in [0, 0.05) is 5.41 Å². The van der Waals surface area contributed by atoms with E-state index in [9.17, 15) is 15.0 Å². The molecule has 0 aliphatic carbocycles. The molecule has 170 valence electrons. The van der Waals surface area contributed by atoms with Crippen LogP contribution in [0.5, 0.6) is 11.5 Å². The lowest BCUT2D eigenvalue weighted by atomic mass is 9.70. The molecule has 0 spiro atoms. The van der Waals surface area contributed by atoms with E-state index in [-0.39, 0.29) is 28.7 Å². The highest BCUT2D eigenvalue weighted by atomic mass is 16.5. The van der Waals surface area contributed by atoms with E-state index >= 15 is 0 Å². The molecule has 0 aliphatic heterocycles. The molecule has 0 fully saturated rings. The van der Waals surface area contributed by atoms with Gasteiger partial charge in [-0.25, -0.2) is 4.79 Å². The van der Waals surface area contributed by atoms with Gasteiger partial charge in [-0.05, 0) is 60.1 Å². The molecule has 2 aromatic carbocycles. The van der Waals surface area contributed by atoms with E-state index in [1.54, 1.807) is 12.1 Å². The third-order valence-electron chi connectivity index (χ3n) is 6.29. The van der Waals surface area contributed by atoms with Crippen molar-refractivity contribution >= 4 is 5.97 Å². The van der Waals surface area contributed by atoms with Crippen LogP contribution in [0.3, 0.4) is 0 Å². The van der Waals surface area contributed by atoms with Crippen molar-refractivity contribution in [2.24, 2.45) is 5.41 Å². The van der Waals surface area contributed by atoms with Crippen molar-refractivity contribution in [2.75, 3.05) is 13.7 Å². The van der Waals surface area contributed by atoms with Gasteiger partial charge in [0.15, 0.2) is 0 Å². The van der Waals surface area contributed by atoms with Crippen LogP contribution in [0.25, 0.3) is 0 Å². The second-order valence-electron chi connectivity index (χ2n) is 9.19. The van der Waals surface area contributed by atoms with Gasteiger partial charge in [0.2, 0.25) is 0 Å². The predicted octanol–water partition coefficient (Wildman–Crippen LogP) is 5.38. The summed E-state index contributed by atoms with van der Waals surface area (Å²) in [6, 6.07) is 11.3. The summed E-state index contributed by atoms with van der Waals surface area (Å²) in [5.41, 5.74) is 2.64. The SMILES string of the molecule is CCC(CC)(c1ccc(OCC(O)C(C)(C)C)c(C)c1)c1ccc(O)c(C(=O)OC)c1. The molecular weight excluding hydrogens is 392 g/mol. The van der Waals surface area contributed by atoms with Crippen molar-refractivity contribution < 1.29 is 24.5 Å². The molecular formula is C26H36O5. The number of methoxy groups -OCH3 is 1. The van der Waals surface area contributed by atoms with Crippen molar-refractivity contribution in [3.8, 4) is 11.5 Å².